The van der Waals surface area contributed by atoms with Crippen molar-refractivity contribution in [2.24, 2.45) is 0 Å². The Labute approximate surface area is 178 Å². The molecule has 0 saturated heterocycles. The van der Waals surface area contributed by atoms with E-state index in [2.05, 4.69) is 10.3 Å². The predicted octanol–water partition coefficient (Wildman–Crippen LogP) is 2.92. The smallest absolute Gasteiger partial charge is 0.257 e. The normalized spacial score (nSPS) is 10.5. The standard InChI is InChI=1S/C22H19ClN4O3/c1-14-19(8-9-28)22(30)27(21(25-14)16-5-3-6-17(23)11-16)13-20(29)26-18-7-2-4-15(10-18)12-24/h2-7,10-11,28H,8-9,13H2,1H3,(H,26,29). The SMILES string of the molecule is Cc1nc(-c2cccc(Cl)c2)n(CC(=O)Nc2cccc(C#N)c2)c(=O)c1CCO. The van der Waals surface area contributed by atoms with Crippen molar-refractivity contribution in [3.05, 3.63) is 80.7 Å². The van der Waals surface area contributed by atoms with E-state index in [1.54, 1.807) is 55.5 Å². The van der Waals surface area contributed by atoms with Crippen LogP contribution in [0.1, 0.15) is 16.8 Å². The van der Waals surface area contributed by atoms with E-state index in [-0.39, 0.29) is 19.6 Å². The van der Waals surface area contributed by atoms with E-state index in [1.807, 2.05) is 6.07 Å². The maximum atomic E-state index is 13.1. The molecule has 1 amide bonds. The molecule has 1 heterocycles. The van der Waals surface area contributed by atoms with Crippen molar-refractivity contribution in [3.63, 3.8) is 0 Å². The lowest BCUT2D eigenvalue weighted by Gasteiger charge is -2.16. The molecule has 0 aliphatic heterocycles. The van der Waals surface area contributed by atoms with Gasteiger partial charge in [-0.05, 0) is 37.3 Å². The van der Waals surface area contributed by atoms with Crippen molar-refractivity contribution in [2.75, 3.05) is 11.9 Å². The topological polar surface area (TPSA) is 108 Å². The number of aliphatic hydroxyl groups is 1. The number of anilines is 1. The highest BCUT2D eigenvalue weighted by atomic mass is 35.5. The van der Waals surface area contributed by atoms with Crippen molar-refractivity contribution in [2.45, 2.75) is 19.9 Å². The van der Waals surface area contributed by atoms with Gasteiger partial charge in [-0.1, -0.05) is 29.8 Å². The minimum atomic E-state index is -0.448. The Hall–Kier alpha value is -3.47. The molecule has 0 radical (unpaired) electrons. The number of nitrogens with zero attached hydrogens (tertiary/aromatic N) is 3. The van der Waals surface area contributed by atoms with Crippen LogP contribution in [0.15, 0.2) is 53.3 Å². The van der Waals surface area contributed by atoms with Crippen molar-refractivity contribution in [3.8, 4) is 17.5 Å². The molecule has 2 aromatic carbocycles. The number of amides is 1. The van der Waals surface area contributed by atoms with Gasteiger partial charge in [-0.15, -0.1) is 0 Å². The first-order valence-electron chi connectivity index (χ1n) is 9.20. The van der Waals surface area contributed by atoms with Crippen molar-refractivity contribution in [1.82, 2.24) is 9.55 Å². The summed E-state index contributed by atoms with van der Waals surface area (Å²) >= 11 is 6.10. The third kappa shape index (κ3) is 4.74. The molecule has 2 N–H and O–H groups in total. The number of carbonyl (C=O) groups is 1. The number of aromatic nitrogens is 2. The molecule has 7 nitrogen and oxygen atoms in total. The molecule has 8 heteroatoms. The largest absolute Gasteiger partial charge is 0.396 e. The lowest BCUT2D eigenvalue weighted by atomic mass is 10.1. The van der Waals surface area contributed by atoms with Crippen LogP contribution >= 0.6 is 11.6 Å². The van der Waals surface area contributed by atoms with Crippen LogP contribution in [0.2, 0.25) is 5.02 Å². The molecule has 1 aromatic heterocycles. The van der Waals surface area contributed by atoms with Gasteiger partial charge in [0.15, 0.2) is 0 Å². The second-order valence-electron chi connectivity index (χ2n) is 6.62. The Bertz CT molecular complexity index is 1200. The average Bonchev–Trinajstić information content (AvgIpc) is 2.73. The molecule has 0 spiro atoms. The van der Waals surface area contributed by atoms with Gasteiger partial charge in [-0.3, -0.25) is 14.2 Å². The van der Waals surface area contributed by atoms with Gasteiger partial charge in [-0.25, -0.2) is 4.98 Å². The van der Waals surface area contributed by atoms with Crippen LogP contribution in [-0.4, -0.2) is 27.2 Å². The Morgan fingerprint density at radius 1 is 1.27 bits per heavy atom. The summed E-state index contributed by atoms with van der Waals surface area (Å²) < 4.78 is 1.27. The lowest BCUT2D eigenvalue weighted by Crippen LogP contribution is -2.33. The van der Waals surface area contributed by atoms with Crippen LogP contribution < -0.4 is 10.9 Å². The third-order valence-electron chi connectivity index (χ3n) is 4.49. The molecule has 0 bridgehead atoms. The fourth-order valence-electron chi connectivity index (χ4n) is 3.11. The lowest BCUT2D eigenvalue weighted by molar-refractivity contribution is -0.116. The molecule has 0 atom stereocenters. The first-order chi connectivity index (χ1) is 14.4. The van der Waals surface area contributed by atoms with Crippen LogP contribution in [0.5, 0.6) is 0 Å². The van der Waals surface area contributed by atoms with E-state index in [1.165, 1.54) is 4.57 Å². The Morgan fingerprint density at radius 2 is 2.03 bits per heavy atom. The van der Waals surface area contributed by atoms with Crippen LogP contribution in [0, 0.1) is 18.3 Å². The monoisotopic (exact) mass is 422 g/mol. The number of aryl methyl sites for hydroxylation is 1. The number of nitrogens with one attached hydrogen (secondary N) is 1. The summed E-state index contributed by atoms with van der Waals surface area (Å²) in [5, 5.41) is 21.5. The zero-order chi connectivity index (χ0) is 21.7. The molecule has 0 aliphatic rings. The highest BCUT2D eigenvalue weighted by molar-refractivity contribution is 6.30. The third-order valence-corrected chi connectivity index (χ3v) is 4.73. The van der Waals surface area contributed by atoms with Crippen molar-refractivity contribution in [1.29, 1.82) is 5.26 Å². The van der Waals surface area contributed by atoms with Crippen LogP contribution in [0.4, 0.5) is 5.69 Å². The van der Waals surface area contributed by atoms with E-state index in [9.17, 15) is 14.7 Å². The fraction of sp³-hybridized carbons (Fsp3) is 0.182. The number of rotatable bonds is 6. The quantitative estimate of drug-likeness (QED) is 0.635. The first-order valence-corrected chi connectivity index (χ1v) is 9.58. The Kier molecular flexibility index (Phi) is 6.62. The van der Waals surface area contributed by atoms with Crippen LogP contribution in [0.25, 0.3) is 11.4 Å². The molecular formula is C22H19ClN4O3. The maximum Gasteiger partial charge on any atom is 0.257 e. The van der Waals surface area contributed by atoms with E-state index < -0.39 is 11.5 Å². The molecule has 3 rings (SSSR count). The molecule has 0 fully saturated rings. The van der Waals surface area contributed by atoms with Gasteiger partial charge in [0.25, 0.3) is 5.56 Å². The zero-order valence-electron chi connectivity index (χ0n) is 16.2. The van der Waals surface area contributed by atoms with Gasteiger partial charge >= 0.3 is 0 Å². The highest BCUT2D eigenvalue weighted by Crippen LogP contribution is 2.21. The summed E-state index contributed by atoms with van der Waals surface area (Å²) in [6, 6.07) is 15.4. The summed E-state index contributed by atoms with van der Waals surface area (Å²) in [6.07, 6.45) is 0.138. The zero-order valence-corrected chi connectivity index (χ0v) is 17.0. The molecule has 3 aromatic rings. The van der Waals surface area contributed by atoms with E-state index >= 15 is 0 Å². The number of hydrogen-bond donors (Lipinski definition) is 2. The van der Waals surface area contributed by atoms with E-state index in [4.69, 9.17) is 16.9 Å². The van der Waals surface area contributed by atoms with Gasteiger partial charge in [0, 0.05) is 40.6 Å². The van der Waals surface area contributed by atoms with Crippen molar-refractivity contribution >= 4 is 23.2 Å². The van der Waals surface area contributed by atoms with Crippen LogP contribution in [0.3, 0.4) is 0 Å². The summed E-state index contributed by atoms with van der Waals surface area (Å²) in [5.74, 6) is -0.140. The number of nitriles is 1. The van der Waals surface area contributed by atoms with Gasteiger partial charge in [0.1, 0.15) is 12.4 Å². The van der Waals surface area contributed by atoms with Gasteiger partial charge in [-0.2, -0.15) is 5.26 Å². The van der Waals surface area contributed by atoms with Gasteiger partial charge < -0.3 is 10.4 Å². The Balaban J connectivity index is 2.02. The molecule has 0 aliphatic carbocycles. The first kappa shape index (κ1) is 21.2. The number of hydrogen-bond acceptors (Lipinski definition) is 5. The minimum absolute atomic E-state index is 0.138. The summed E-state index contributed by atoms with van der Waals surface area (Å²) in [7, 11) is 0. The minimum Gasteiger partial charge on any atom is -0.396 e. The molecule has 0 unspecified atom stereocenters. The molecule has 30 heavy (non-hydrogen) atoms. The summed E-state index contributed by atoms with van der Waals surface area (Å²) in [5.41, 5.74) is 1.90. The second-order valence-corrected chi connectivity index (χ2v) is 7.05. The maximum absolute atomic E-state index is 13.1. The predicted molar refractivity (Wildman–Crippen MR) is 114 cm³/mol. The molecule has 152 valence electrons. The second kappa shape index (κ2) is 9.35. The fourth-order valence-corrected chi connectivity index (χ4v) is 3.30. The van der Waals surface area contributed by atoms with Crippen LogP contribution in [-0.2, 0) is 17.8 Å². The molecule has 0 saturated carbocycles. The average molecular weight is 423 g/mol. The number of carbonyl (C=O) groups excluding carboxylic acids is 1. The van der Waals surface area contributed by atoms with Gasteiger partial charge in [0.05, 0.1) is 11.6 Å². The number of benzene rings is 2. The number of aliphatic hydroxyl groups excluding tert-OH is 1. The summed E-state index contributed by atoms with van der Waals surface area (Å²) in [4.78, 5) is 30.3. The van der Waals surface area contributed by atoms with Gasteiger partial charge in [0.2, 0.25) is 5.91 Å². The Morgan fingerprint density at radius 3 is 2.73 bits per heavy atom. The van der Waals surface area contributed by atoms with E-state index in [0.717, 1.165) is 0 Å². The van der Waals surface area contributed by atoms with Crippen molar-refractivity contribution < 1.29 is 9.90 Å². The highest BCUT2D eigenvalue weighted by Gasteiger charge is 2.18. The summed E-state index contributed by atoms with van der Waals surface area (Å²) in [6.45, 7) is 1.20. The van der Waals surface area contributed by atoms with E-state index in [0.29, 0.717) is 38.9 Å². The molecular weight excluding hydrogens is 404 g/mol. The number of halogens is 1.